The van der Waals surface area contributed by atoms with Crippen molar-refractivity contribution in [3.05, 3.63) is 34.6 Å². The van der Waals surface area contributed by atoms with Crippen LogP contribution in [0.2, 0.25) is 0 Å². The highest BCUT2D eigenvalue weighted by Crippen LogP contribution is 2.26. The lowest BCUT2D eigenvalue weighted by atomic mass is 10.1. The number of ether oxygens (including phenoxy) is 1. The smallest absolute Gasteiger partial charge is 0.137 e. The molecule has 6 heteroatoms. The van der Waals surface area contributed by atoms with Crippen LogP contribution in [0.15, 0.2) is 18.5 Å². The van der Waals surface area contributed by atoms with Crippen molar-refractivity contribution in [2.24, 2.45) is 5.73 Å². The van der Waals surface area contributed by atoms with Gasteiger partial charge in [-0.05, 0) is 29.6 Å². The molecule has 2 heterocycles. The Hall–Kier alpha value is -1.53. The topological polar surface area (TPSA) is 73.9 Å². The second-order valence-electron chi connectivity index (χ2n) is 3.97. The molecule has 0 radical (unpaired) electrons. The van der Waals surface area contributed by atoms with E-state index in [9.17, 15) is 0 Å². The van der Waals surface area contributed by atoms with Crippen LogP contribution in [0.5, 0.6) is 5.75 Å². The number of aryl methyl sites for hydroxylation is 1. The fraction of sp³-hybridized carbons (Fsp3) is 0.417. The number of nitrogens with two attached hydrogens (primary N) is 1. The van der Waals surface area contributed by atoms with Gasteiger partial charge in [0.1, 0.15) is 5.75 Å². The Balaban J connectivity index is 2.29. The number of hydrogen-bond acceptors (Lipinski definition) is 6. The number of pyridine rings is 1. The second-order valence-corrected chi connectivity index (χ2v) is 4.76. The Morgan fingerprint density at radius 2 is 2.28 bits per heavy atom. The molecule has 1 unspecified atom stereocenters. The van der Waals surface area contributed by atoms with Crippen molar-refractivity contribution in [1.82, 2.24) is 14.6 Å². The van der Waals surface area contributed by atoms with Gasteiger partial charge in [0.25, 0.3) is 0 Å². The maximum atomic E-state index is 6.25. The molecule has 2 aromatic heterocycles. The molecule has 2 rings (SSSR count). The van der Waals surface area contributed by atoms with Gasteiger partial charge in [-0.25, -0.2) is 0 Å². The lowest BCUT2D eigenvalue weighted by Gasteiger charge is -2.11. The zero-order chi connectivity index (χ0) is 13.0. The van der Waals surface area contributed by atoms with Gasteiger partial charge in [-0.1, -0.05) is 17.8 Å². The Morgan fingerprint density at radius 1 is 1.44 bits per heavy atom. The molecule has 0 bridgehead atoms. The lowest BCUT2D eigenvalue weighted by molar-refractivity contribution is 0.412. The first kappa shape index (κ1) is 12.9. The summed E-state index contributed by atoms with van der Waals surface area (Å²) < 4.78 is 9.14. The first-order valence-electron chi connectivity index (χ1n) is 5.82. The minimum Gasteiger partial charge on any atom is -0.495 e. The molecule has 18 heavy (non-hydrogen) atoms. The minimum absolute atomic E-state index is 0.242. The first-order chi connectivity index (χ1) is 8.76. The van der Waals surface area contributed by atoms with Crippen LogP contribution in [0.25, 0.3) is 0 Å². The molecule has 0 spiro atoms. The highest BCUT2D eigenvalue weighted by molar-refractivity contribution is 7.05. The molecular weight excluding hydrogens is 248 g/mol. The zero-order valence-electron chi connectivity index (χ0n) is 10.5. The highest BCUT2D eigenvalue weighted by Gasteiger charge is 2.17. The molecular formula is C12H16N4OS. The summed E-state index contributed by atoms with van der Waals surface area (Å²) >= 11 is 1.35. The molecule has 1 atom stereocenters. The van der Waals surface area contributed by atoms with Gasteiger partial charge in [-0.15, -0.1) is 5.10 Å². The number of rotatable bonds is 5. The monoisotopic (exact) mass is 264 g/mol. The highest BCUT2D eigenvalue weighted by atomic mass is 32.1. The summed E-state index contributed by atoms with van der Waals surface area (Å²) in [5.74, 6) is 0.706. The molecule has 0 saturated carbocycles. The standard InChI is InChI=1S/C12H16N4OS/c1-3-4-10-12(18-16-15-10)11(13)8-5-9(17-2)7-14-6-8/h5-7,11H,3-4,13H2,1-2H3. The predicted molar refractivity (Wildman–Crippen MR) is 70.7 cm³/mol. The maximum Gasteiger partial charge on any atom is 0.137 e. The normalized spacial score (nSPS) is 12.4. The minimum atomic E-state index is -0.242. The van der Waals surface area contributed by atoms with E-state index in [2.05, 4.69) is 21.5 Å². The fourth-order valence-electron chi connectivity index (χ4n) is 1.73. The number of nitrogens with zero attached hydrogens (tertiary/aromatic N) is 3. The Labute approximate surface area is 110 Å². The van der Waals surface area contributed by atoms with E-state index in [1.54, 1.807) is 19.5 Å². The van der Waals surface area contributed by atoms with Crippen molar-refractivity contribution < 1.29 is 4.74 Å². The molecule has 5 nitrogen and oxygen atoms in total. The van der Waals surface area contributed by atoms with E-state index < -0.39 is 0 Å². The molecule has 2 aromatic rings. The van der Waals surface area contributed by atoms with Crippen molar-refractivity contribution in [3.63, 3.8) is 0 Å². The van der Waals surface area contributed by atoms with Crippen LogP contribution in [0, 0.1) is 0 Å². The quantitative estimate of drug-likeness (QED) is 0.893. The van der Waals surface area contributed by atoms with Gasteiger partial charge >= 0.3 is 0 Å². The van der Waals surface area contributed by atoms with Crippen LogP contribution in [0.4, 0.5) is 0 Å². The van der Waals surface area contributed by atoms with Crippen LogP contribution in [0.3, 0.4) is 0 Å². The Kier molecular flexibility index (Phi) is 4.22. The van der Waals surface area contributed by atoms with Crippen molar-refractivity contribution in [3.8, 4) is 5.75 Å². The van der Waals surface area contributed by atoms with Crippen LogP contribution in [-0.4, -0.2) is 21.7 Å². The largest absolute Gasteiger partial charge is 0.495 e. The van der Waals surface area contributed by atoms with E-state index in [4.69, 9.17) is 10.5 Å². The third-order valence-electron chi connectivity index (χ3n) is 2.68. The molecule has 0 aliphatic heterocycles. The van der Waals surface area contributed by atoms with Gasteiger partial charge in [0.15, 0.2) is 0 Å². The SMILES string of the molecule is CCCc1nnsc1C(N)c1cncc(OC)c1. The van der Waals surface area contributed by atoms with Gasteiger partial charge < -0.3 is 10.5 Å². The van der Waals surface area contributed by atoms with Gasteiger partial charge in [0, 0.05) is 6.20 Å². The average Bonchev–Trinajstić information content (AvgIpc) is 2.86. The van der Waals surface area contributed by atoms with E-state index in [1.807, 2.05) is 6.07 Å². The van der Waals surface area contributed by atoms with Crippen molar-refractivity contribution in [1.29, 1.82) is 0 Å². The first-order valence-corrected chi connectivity index (χ1v) is 6.59. The maximum absolute atomic E-state index is 6.25. The third-order valence-corrected chi connectivity index (χ3v) is 3.53. The summed E-state index contributed by atoms with van der Waals surface area (Å²) in [5.41, 5.74) is 8.15. The molecule has 2 N–H and O–H groups in total. The van der Waals surface area contributed by atoms with Gasteiger partial charge in [-0.3, -0.25) is 4.98 Å². The van der Waals surface area contributed by atoms with Crippen LogP contribution in [-0.2, 0) is 6.42 Å². The number of aromatic nitrogens is 3. The van der Waals surface area contributed by atoms with E-state index in [1.165, 1.54) is 11.5 Å². The van der Waals surface area contributed by atoms with E-state index in [-0.39, 0.29) is 6.04 Å². The molecule has 0 fully saturated rings. The van der Waals surface area contributed by atoms with Crippen molar-refractivity contribution in [2.45, 2.75) is 25.8 Å². The van der Waals surface area contributed by atoms with Gasteiger partial charge in [-0.2, -0.15) is 0 Å². The molecule has 0 aliphatic rings. The summed E-state index contributed by atoms with van der Waals surface area (Å²) in [6, 6.07) is 1.65. The van der Waals surface area contributed by atoms with Crippen molar-refractivity contribution in [2.75, 3.05) is 7.11 Å². The third kappa shape index (κ3) is 2.65. The molecule has 96 valence electrons. The van der Waals surface area contributed by atoms with E-state index in [0.29, 0.717) is 5.75 Å². The van der Waals surface area contributed by atoms with Crippen molar-refractivity contribution >= 4 is 11.5 Å². The van der Waals surface area contributed by atoms with Gasteiger partial charge in [0.2, 0.25) is 0 Å². The average molecular weight is 264 g/mol. The van der Waals surface area contributed by atoms with E-state index in [0.717, 1.165) is 29.0 Å². The van der Waals surface area contributed by atoms with Crippen LogP contribution in [0.1, 0.15) is 35.5 Å². The fourth-order valence-corrected chi connectivity index (χ4v) is 2.46. The van der Waals surface area contributed by atoms with E-state index >= 15 is 0 Å². The number of methoxy groups -OCH3 is 1. The molecule has 0 amide bonds. The number of hydrogen-bond donors (Lipinski definition) is 1. The predicted octanol–water partition coefficient (Wildman–Crippen LogP) is 1.94. The Morgan fingerprint density at radius 3 is 3.00 bits per heavy atom. The van der Waals surface area contributed by atoms with Crippen LogP contribution < -0.4 is 10.5 Å². The summed E-state index contributed by atoms with van der Waals surface area (Å²) in [6.07, 6.45) is 5.34. The molecule has 0 aliphatic carbocycles. The van der Waals surface area contributed by atoms with Gasteiger partial charge in [0.05, 0.1) is 29.9 Å². The Bertz CT molecular complexity index is 514. The summed E-state index contributed by atoms with van der Waals surface area (Å²) in [7, 11) is 1.61. The summed E-state index contributed by atoms with van der Waals surface area (Å²) in [5, 5.41) is 4.13. The summed E-state index contributed by atoms with van der Waals surface area (Å²) in [6.45, 7) is 2.11. The molecule has 0 saturated heterocycles. The summed E-state index contributed by atoms with van der Waals surface area (Å²) in [4.78, 5) is 5.13. The van der Waals surface area contributed by atoms with Crippen LogP contribution >= 0.6 is 11.5 Å². The lowest BCUT2D eigenvalue weighted by Crippen LogP contribution is -2.13. The zero-order valence-corrected chi connectivity index (χ0v) is 11.3. The second kappa shape index (κ2) is 5.88. The molecule has 0 aromatic carbocycles.